The van der Waals surface area contributed by atoms with Gasteiger partial charge in [-0.3, -0.25) is 0 Å². The third kappa shape index (κ3) is 3.28. The second kappa shape index (κ2) is 7.77. The van der Waals surface area contributed by atoms with Crippen LogP contribution in [0.1, 0.15) is 11.1 Å². The van der Waals surface area contributed by atoms with Gasteiger partial charge in [-0.2, -0.15) is 0 Å². The van der Waals surface area contributed by atoms with Gasteiger partial charge < -0.3 is 24.2 Å². The lowest BCUT2D eigenvalue weighted by Gasteiger charge is -2.15. The first kappa shape index (κ1) is 17.6. The average Bonchev–Trinajstić information content (AvgIpc) is 3.18. The molecule has 1 N–H and O–H groups in total. The third-order valence-corrected chi connectivity index (χ3v) is 4.06. The third-order valence-electron chi connectivity index (χ3n) is 4.06. The molecule has 0 bridgehead atoms. The zero-order valence-electron chi connectivity index (χ0n) is 14.8. The Hall–Kier alpha value is -3.22. The minimum atomic E-state index is -0.446. The van der Waals surface area contributed by atoms with Gasteiger partial charge in [0, 0.05) is 11.1 Å². The monoisotopic (exact) mass is 356 g/mol. The number of hydrogen-bond acceptors (Lipinski definition) is 7. The standard InChI is InChI=1S/C19H20N2O5/c1-23-15-9-13(10-16(24-2)18(15)25-3)17(21-22)14-11-26-19(20-14)12-7-5-4-6-8-12/h4-10,14,22H,11H2,1-3H3. The summed E-state index contributed by atoms with van der Waals surface area (Å²) in [5.74, 6) is 1.92. The van der Waals surface area contributed by atoms with Crippen LogP contribution in [0.4, 0.5) is 0 Å². The van der Waals surface area contributed by atoms with E-state index < -0.39 is 6.04 Å². The lowest BCUT2D eigenvalue weighted by Crippen LogP contribution is -2.21. The molecule has 1 unspecified atom stereocenters. The topological polar surface area (TPSA) is 81.9 Å². The van der Waals surface area contributed by atoms with Gasteiger partial charge >= 0.3 is 0 Å². The van der Waals surface area contributed by atoms with E-state index in [-0.39, 0.29) is 6.61 Å². The first-order chi connectivity index (χ1) is 12.7. The number of hydrogen-bond donors (Lipinski definition) is 1. The van der Waals surface area contributed by atoms with E-state index >= 15 is 0 Å². The number of aliphatic imine (C=N–C) groups is 1. The Labute approximate surface area is 151 Å². The molecule has 1 heterocycles. The summed E-state index contributed by atoms with van der Waals surface area (Å²) >= 11 is 0. The van der Waals surface area contributed by atoms with Crippen LogP contribution in [0.5, 0.6) is 17.2 Å². The van der Waals surface area contributed by atoms with Crippen LogP contribution in [0.2, 0.25) is 0 Å². The lowest BCUT2D eigenvalue weighted by atomic mass is 10.0. The largest absolute Gasteiger partial charge is 0.493 e. The number of oxime groups is 1. The summed E-state index contributed by atoms with van der Waals surface area (Å²) in [7, 11) is 4.59. The van der Waals surface area contributed by atoms with Crippen LogP contribution < -0.4 is 14.2 Å². The van der Waals surface area contributed by atoms with E-state index in [2.05, 4.69) is 10.1 Å². The van der Waals surface area contributed by atoms with E-state index in [1.165, 1.54) is 21.3 Å². The van der Waals surface area contributed by atoms with Gasteiger partial charge in [-0.25, -0.2) is 4.99 Å². The maximum absolute atomic E-state index is 9.60. The number of benzene rings is 2. The molecule has 1 aliphatic heterocycles. The second-order valence-corrected chi connectivity index (χ2v) is 5.53. The average molecular weight is 356 g/mol. The van der Waals surface area contributed by atoms with Crippen LogP contribution in [-0.4, -0.2) is 50.8 Å². The zero-order chi connectivity index (χ0) is 18.5. The van der Waals surface area contributed by atoms with Crippen molar-refractivity contribution in [2.45, 2.75) is 6.04 Å². The molecule has 0 radical (unpaired) electrons. The molecule has 7 nitrogen and oxygen atoms in total. The fraction of sp³-hybridized carbons (Fsp3) is 0.263. The van der Waals surface area contributed by atoms with Gasteiger partial charge in [0.2, 0.25) is 11.6 Å². The van der Waals surface area contributed by atoms with E-state index in [1.54, 1.807) is 12.1 Å². The molecule has 7 heteroatoms. The Morgan fingerprint density at radius 3 is 2.27 bits per heavy atom. The van der Waals surface area contributed by atoms with Crippen molar-refractivity contribution in [2.24, 2.45) is 10.1 Å². The van der Waals surface area contributed by atoms with Crippen molar-refractivity contribution in [3.63, 3.8) is 0 Å². The Morgan fingerprint density at radius 1 is 1.08 bits per heavy atom. The molecule has 0 aromatic heterocycles. The van der Waals surface area contributed by atoms with Crippen molar-refractivity contribution in [1.82, 2.24) is 0 Å². The van der Waals surface area contributed by atoms with E-state index in [9.17, 15) is 5.21 Å². The molecule has 0 amide bonds. The summed E-state index contributed by atoms with van der Waals surface area (Å²) < 4.78 is 21.7. The summed E-state index contributed by atoms with van der Waals surface area (Å²) in [6, 6.07) is 12.6. The highest BCUT2D eigenvalue weighted by molar-refractivity contribution is 6.08. The lowest BCUT2D eigenvalue weighted by molar-refractivity contribution is 0.308. The van der Waals surface area contributed by atoms with Crippen molar-refractivity contribution in [2.75, 3.05) is 27.9 Å². The highest BCUT2D eigenvalue weighted by atomic mass is 16.5. The van der Waals surface area contributed by atoms with Crippen LogP contribution in [0.25, 0.3) is 0 Å². The Morgan fingerprint density at radius 2 is 1.73 bits per heavy atom. The van der Waals surface area contributed by atoms with Gasteiger partial charge in [0.15, 0.2) is 11.5 Å². The van der Waals surface area contributed by atoms with E-state index in [1.807, 2.05) is 30.3 Å². The summed E-state index contributed by atoms with van der Waals surface area (Å²) in [6.07, 6.45) is 0. The minimum absolute atomic E-state index is 0.278. The van der Waals surface area contributed by atoms with Gasteiger partial charge in [-0.15, -0.1) is 0 Å². The predicted molar refractivity (Wildman–Crippen MR) is 97.1 cm³/mol. The Kier molecular flexibility index (Phi) is 5.26. The fourth-order valence-electron chi connectivity index (χ4n) is 2.80. The van der Waals surface area contributed by atoms with Gasteiger partial charge in [0.1, 0.15) is 18.4 Å². The van der Waals surface area contributed by atoms with Crippen molar-refractivity contribution in [3.8, 4) is 17.2 Å². The molecule has 0 aliphatic carbocycles. The molecular formula is C19H20N2O5. The second-order valence-electron chi connectivity index (χ2n) is 5.53. The summed E-state index contributed by atoms with van der Waals surface area (Å²) in [6.45, 7) is 0.278. The van der Waals surface area contributed by atoms with Crippen LogP contribution in [-0.2, 0) is 4.74 Å². The number of rotatable bonds is 6. The van der Waals surface area contributed by atoms with Crippen molar-refractivity contribution < 1.29 is 24.2 Å². The highest BCUT2D eigenvalue weighted by Crippen LogP contribution is 2.38. The van der Waals surface area contributed by atoms with E-state index in [0.717, 1.165) is 5.56 Å². The normalized spacial score (nSPS) is 16.7. The van der Waals surface area contributed by atoms with Crippen LogP contribution in [0.15, 0.2) is 52.6 Å². The molecule has 0 saturated heterocycles. The summed E-state index contributed by atoms with van der Waals surface area (Å²) in [5.41, 5.74) is 1.83. The minimum Gasteiger partial charge on any atom is -0.493 e. The fourth-order valence-corrected chi connectivity index (χ4v) is 2.80. The SMILES string of the molecule is COc1cc(C(=NO)C2COC(c3ccccc3)=N2)cc(OC)c1OC. The number of methoxy groups -OCH3 is 3. The van der Waals surface area contributed by atoms with Gasteiger partial charge in [-0.1, -0.05) is 23.4 Å². The quantitative estimate of drug-likeness (QED) is 0.489. The molecule has 26 heavy (non-hydrogen) atoms. The molecular weight excluding hydrogens is 336 g/mol. The first-order valence-corrected chi connectivity index (χ1v) is 8.00. The number of nitrogens with zero attached hydrogens (tertiary/aromatic N) is 2. The van der Waals surface area contributed by atoms with Crippen LogP contribution in [0.3, 0.4) is 0 Å². The number of ether oxygens (including phenoxy) is 4. The van der Waals surface area contributed by atoms with Gasteiger partial charge in [0.05, 0.1) is 21.3 Å². The maximum atomic E-state index is 9.60. The zero-order valence-corrected chi connectivity index (χ0v) is 14.8. The first-order valence-electron chi connectivity index (χ1n) is 8.00. The summed E-state index contributed by atoms with van der Waals surface area (Å²) in [4.78, 5) is 4.55. The maximum Gasteiger partial charge on any atom is 0.216 e. The van der Waals surface area contributed by atoms with Crippen molar-refractivity contribution in [3.05, 3.63) is 53.6 Å². The summed E-state index contributed by atoms with van der Waals surface area (Å²) in [5, 5.41) is 13.1. The molecule has 0 saturated carbocycles. The highest BCUT2D eigenvalue weighted by Gasteiger charge is 2.28. The van der Waals surface area contributed by atoms with Gasteiger partial charge in [-0.05, 0) is 24.3 Å². The van der Waals surface area contributed by atoms with Crippen LogP contribution in [0, 0.1) is 0 Å². The van der Waals surface area contributed by atoms with Crippen molar-refractivity contribution >= 4 is 11.6 Å². The van der Waals surface area contributed by atoms with E-state index in [4.69, 9.17) is 18.9 Å². The molecule has 3 rings (SSSR count). The van der Waals surface area contributed by atoms with Crippen molar-refractivity contribution in [1.29, 1.82) is 0 Å². The molecule has 2 aromatic rings. The molecule has 1 aliphatic rings. The van der Waals surface area contributed by atoms with E-state index in [0.29, 0.717) is 34.4 Å². The molecule has 2 aromatic carbocycles. The van der Waals surface area contributed by atoms with Gasteiger partial charge in [0.25, 0.3) is 0 Å². The molecule has 0 spiro atoms. The molecule has 136 valence electrons. The molecule has 1 atom stereocenters. The Bertz CT molecular complexity index is 808. The van der Waals surface area contributed by atoms with Crippen LogP contribution >= 0.6 is 0 Å². The predicted octanol–water partition coefficient (Wildman–Crippen LogP) is 2.74. The smallest absolute Gasteiger partial charge is 0.216 e. The Balaban J connectivity index is 1.96. The molecule has 0 fully saturated rings.